The number of fused-ring (bicyclic) bond motifs is 1. The standard InChI is InChI=1S/C25H22N2O5/c1-16-7-8-17(2)19(13-16)15-26-22-6-4-3-5-21(22)25(30,24(26)29)14-23(28)18-9-11-20(12-10-18)27(31)32/h3-13,30H,14-15H2,1-2H3/t25-/m0/s1. The molecule has 1 aliphatic rings. The Morgan fingerprint density at radius 1 is 1.06 bits per heavy atom. The van der Waals surface area contributed by atoms with Crippen LogP contribution >= 0.6 is 0 Å². The van der Waals surface area contributed by atoms with E-state index in [4.69, 9.17) is 0 Å². The van der Waals surface area contributed by atoms with Crippen molar-refractivity contribution in [2.75, 3.05) is 4.90 Å². The molecule has 0 aliphatic carbocycles. The van der Waals surface area contributed by atoms with Crippen molar-refractivity contribution in [2.45, 2.75) is 32.4 Å². The van der Waals surface area contributed by atoms with Gasteiger partial charge in [0.2, 0.25) is 0 Å². The Hall–Kier alpha value is -3.84. The average molecular weight is 430 g/mol. The van der Waals surface area contributed by atoms with Crippen LogP contribution in [0.5, 0.6) is 0 Å². The fraction of sp³-hybridized carbons (Fsp3) is 0.200. The van der Waals surface area contributed by atoms with Crippen LogP contribution in [0, 0.1) is 24.0 Å². The van der Waals surface area contributed by atoms with Gasteiger partial charge in [-0.1, -0.05) is 42.0 Å². The van der Waals surface area contributed by atoms with Gasteiger partial charge in [0.05, 0.1) is 23.6 Å². The summed E-state index contributed by atoms with van der Waals surface area (Å²) < 4.78 is 0. The first-order valence-electron chi connectivity index (χ1n) is 10.2. The molecule has 0 saturated heterocycles. The van der Waals surface area contributed by atoms with E-state index < -0.39 is 28.6 Å². The van der Waals surface area contributed by atoms with E-state index >= 15 is 0 Å². The summed E-state index contributed by atoms with van der Waals surface area (Å²) in [5, 5.41) is 22.3. The van der Waals surface area contributed by atoms with Gasteiger partial charge in [-0.05, 0) is 43.2 Å². The van der Waals surface area contributed by atoms with Crippen molar-refractivity contribution in [3.05, 3.63) is 105 Å². The van der Waals surface area contributed by atoms with Crippen LogP contribution in [0.2, 0.25) is 0 Å². The number of nitro groups is 1. The Morgan fingerprint density at radius 2 is 1.75 bits per heavy atom. The first-order valence-corrected chi connectivity index (χ1v) is 10.2. The number of hydrogen-bond donors (Lipinski definition) is 1. The molecule has 7 heteroatoms. The van der Waals surface area contributed by atoms with Crippen molar-refractivity contribution < 1.29 is 19.6 Å². The molecule has 0 bridgehead atoms. The molecule has 7 nitrogen and oxygen atoms in total. The van der Waals surface area contributed by atoms with Gasteiger partial charge in [-0.3, -0.25) is 19.7 Å². The minimum absolute atomic E-state index is 0.137. The SMILES string of the molecule is Cc1ccc(C)c(CN2C(=O)[C@](O)(CC(=O)c3ccc([N+](=O)[O-])cc3)c3ccccc32)c1. The van der Waals surface area contributed by atoms with E-state index in [1.54, 1.807) is 24.3 Å². The molecule has 162 valence electrons. The molecule has 0 radical (unpaired) electrons. The Labute approximate surface area is 185 Å². The largest absolute Gasteiger partial charge is 0.375 e. The quantitative estimate of drug-likeness (QED) is 0.358. The number of ketones is 1. The smallest absolute Gasteiger partial charge is 0.269 e. The number of carbonyl (C=O) groups excluding carboxylic acids is 2. The van der Waals surface area contributed by atoms with Gasteiger partial charge in [0.15, 0.2) is 11.4 Å². The monoisotopic (exact) mass is 430 g/mol. The normalized spacial score (nSPS) is 17.3. The third-order valence-electron chi connectivity index (χ3n) is 5.89. The molecule has 1 heterocycles. The van der Waals surface area contributed by atoms with Gasteiger partial charge >= 0.3 is 0 Å². The second kappa shape index (κ2) is 8.01. The van der Waals surface area contributed by atoms with Crippen LogP contribution < -0.4 is 4.90 Å². The Morgan fingerprint density at radius 3 is 2.44 bits per heavy atom. The zero-order valence-corrected chi connectivity index (χ0v) is 17.7. The van der Waals surface area contributed by atoms with E-state index in [0.717, 1.165) is 16.7 Å². The van der Waals surface area contributed by atoms with Crippen molar-refractivity contribution in [3.63, 3.8) is 0 Å². The molecule has 0 aromatic heterocycles. The number of non-ortho nitro benzene ring substituents is 1. The molecule has 4 rings (SSSR count). The maximum absolute atomic E-state index is 13.4. The lowest BCUT2D eigenvalue weighted by Crippen LogP contribution is -2.41. The van der Waals surface area contributed by atoms with Crippen LogP contribution in [0.4, 0.5) is 11.4 Å². The number of aryl methyl sites for hydroxylation is 2. The molecule has 1 amide bonds. The summed E-state index contributed by atoms with van der Waals surface area (Å²) in [5.41, 5.74) is 2.05. The molecule has 0 spiro atoms. The number of aliphatic hydroxyl groups is 1. The lowest BCUT2D eigenvalue weighted by atomic mass is 9.88. The highest BCUT2D eigenvalue weighted by atomic mass is 16.6. The predicted molar refractivity (Wildman–Crippen MR) is 119 cm³/mol. The van der Waals surface area contributed by atoms with Crippen molar-refractivity contribution in [1.29, 1.82) is 0 Å². The van der Waals surface area contributed by atoms with E-state index in [0.29, 0.717) is 11.3 Å². The minimum atomic E-state index is -2.01. The molecule has 0 saturated carbocycles. The zero-order chi connectivity index (χ0) is 23.0. The third-order valence-corrected chi connectivity index (χ3v) is 5.89. The Bertz CT molecular complexity index is 1240. The van der Waals surface area contributed by atoms with Crippen LogP contribution in [0.15, 0.2) is 66.7 Å². The molecule has 3 aromatic rings. The van der Waals surface area contributed by atoms with Crippen LogP contribution in [0.25, 0.3) is 0 Å². The van der Waals surface area contributed by atoms with Crippen molar-refractivity contribution in [3.8, 4) is 0 Å². The fourth-order valence-electron chi connectivity index (χ4n) is 4.08. The molecule has 3 aromatic carbocycles. The molecule has 1 N–H and O–H groups in total. The summed E-state index contributed by atoms with van der Waals surface area (Å²) in [6.45, 7) is 4.21. The van der Waals surface area contributed by atoms with Crippen LogP contribution in [-0.2, 0) is 16.9 Å². The summed E-state index contributed by atoms with van der Waals surface area (Å²) in [4.78, 5) is 38.2. The number of carbonyl (C=O) groups is 2. The lowest BCUT2D eigenvalue weighted by Gasteiger charge is -2.23. The molecular formula is C25H22N2O5. The maximum Gasteiger partial charge on any atom is 0.269 e. The van der Waals surface area contributed by atoms with Gasteiger partial charge in [-0.25, -0.2) is 0 Å². The number of amides is 1. The van der Waals surface area contributed by atoms with E-state index in [1.165, 1.54) is 29.2 Å². The summed E-state index contributed by atoms with van der Waals surface area (Å²) in [5.74, 6) is -1.03. The number of nitrogens with zero attached hydrogens (tertiary/aromatic N) is 2. The van der Waals surface area contributed by atoms with E-state index in [1.807, 2.05) is 32.0 Å². The zero-order valence-electron chi connectivity index (χ0n) is 17.7. The number of benzene rings is 3. The van der Waals surface area contributed by atoms with Gasteiger partial charge in [0, 0.05) is 23.3 Å². The van der Waals surface area contributed by atoms with Crippen LogP contribution in [0.1, 0.15) is 39.0 Å². The summed E-state index contributed by atoms with van der Waals surface area (Å²) in [7, 11) is 0. The van der Waals surface area contributed by atoms with Gasteiger partial charge in [-0.2, -0.15) is 0 Å². The summed E-state index contributed by atoms with van der Waals surface area (Å²) in [6.07, 6.45) is -0.454. The number of Topliss-reactive ketones (excluding diaryl/α,β-unsaturated/α-hetero) is 1. The highest BCUT2D eigenvalue weighted by molar-refractivity contribution is 6.10. The van der Waals surface area contributed by atoms with Crippen molar-refractivity contribution in [1.82, 2.24) is 0 Å². The Balaban J connectivity index is 1.66. The average Bonchev–Trinajstić information content (AvgIpc) is 2.98. The molecule has 32 heavy (non-hydrogen) atoms. The van der Waals surface area contributed by atoms with Gasteiger partial charge in [0.1, 0.15) is 0 Å². The number of nitro benzene ring substituents is 1. The van der Waals surface area contributed by atoms with E-state index in [2.05, 4.69) is 0 Å². The number of para-hydroxylation sites is 1. The number of hydrogen-bond acceptors (Lipinski definition) is 5. The van der Waals surface area contributed by atoms with E-state index in [-0.39, 0.29) is 17.8 Å². The topological polar surface area (TPSA) is 101 Å². The van der Waals surface area contributed by atoms with Gasteiger partial charge in [0.25, 0.3) is 11.6 Å². The summed E-state index contributed by atoms with van der Waals surface area (Å²) >= 11 is 0. The third kappa shape index (κ3) is 3.67. The first-order chi connectivity index (χ1) is 15.2. The van der Waals surface area contributed by atoms with Crippen LogP contribution in [0.3, 0.4) is 0 Å². The van der Waals surface area contributed by atoms with Gasteiger partial charge < -0.3 is 10.0 Å². The first kappa shape index (κ1) is 21.4. The maximum atomic E-state index is 13.4. The van der Waals surface area contributed by atoms with Crippen molar-refractivity contribution >= 4 is 23.1 Å². The molecule has 1 atom stereocenters. The Kier molecular flexibility index (Phi) is 5.36. The molecule has 1 aliphatic heterocycles. The fourth-order valence-corrected chi connectivity index (χ4v) is 4.08. The highest BCUT2D eigenvalue weighted by Crippen LogP contribution is 2.43. The number of rotatable bonds is 6. The number of anilines is 1. The van der Waals surface area contributed by atoms with Crippen LogP contribution in [-0.4, -0.2) is 21.7 Å². The molecule has 0 fully saturated rings. The molecular weight excluding hydrogens is 408 g/mol. The van der Waals surface area contributed by atoms with Crippen molar-refractivity contribution in [2.24, 2.45) is 0 Å². The lowest BCUT2D eigenvalue weighted by molar-refractivity contribution is -0.384. The predicted octanol–water partition coefficient (Wildman–Crippen LogP) is 4.22. The second-order valence-electron chi connectivity index (χ2n) is 8.10. The molecule has 0 unspecified atom stereocenters. The highest BCUT2D eigenvalue weighted by Gasteiger charge is 2.50. The van der Waals surface area contributed by atoms with E-state index in [9.17, 15) is 24.8 Å². The van der Waals surface area contributed by atoms with Gasteiger partial charge in [-0.15, -0.1) is 0 Å². The second-order valence-corrected chi connectivity index (χ2v) is 8.10. The summed E-state index contributed by atoms with van der Waals surface area (Å²) in [6, 6.07) is 18.0. The minimum Gasteiger partial charge on any atom is -0.375 e.